The molecule has 7 nitrogen and oxygen atoms in total. The zero-order valence-corrected chi connectivity index (χ0v) is 24.1. The van der Waals surface area contributed by atoms with E-state index in [1.807, 2.05) is 0 Å². The van der Waals surface area contributed by atoms with Gasteiger partial charge in [-0.1, -0.05) is 36.4 Å². The molecule has 4 atom stereocenters. The van der Waals surface area contributed by atoms with Crippen molar-refractivity contribution < 1.29 is 41.7 Å². The first-order valence-corrected chi connectivity index (χ1v) is 14.6. The molecule has 0 unspecified atom stereocenters. The third-order valence-corrected chi connectivity index (χ3v) is 7.64. The number of ether oxygens (including phenoxy) is 5. The van der Waals surface area contributed by atoms with Crippen molar-refractivity contribution >= 4 is 17.3 Å². The number of carbonyl (C=O) groups excluding carboxylic acids is 1. The monoisotopic (exact) mass is 613 g/mol. The minimum absolute atomic E-state index is 0.106. The maximum atomic E-state index is 13.5. The molecule has 0 aliphatic carbocycles. The van der Waals surface area contributed by atoms with Crippen LogP contribution in [0.4, 0.5) is 13.2 Å². The van der Waals surface area contributed by atoms with Crippen LogP contribution >= 0.6 is 11.3 Å². The molecule has 5 rings (SSSR count). The Kier molecular flexibility index (Phi) is 10.6. The molecule has 0 radical (unpaired) electrons. The highest BCUT2D eigenvalue weighted by molar-refractivity contribution is 7.09. The molecule has 1 aromatic heterocycles. The second-order valence-electron chi connectivity index (χ2n) is 9.83. The van der Waals surface area contributed by atoms with Crippen molar-refractivity contribution in [2.75, 3.05) is 13.2 Å². The summed E-state index contributed by atoms with van der Waals surface area (Å²) in [6, 6.07) is 17.9. The fourth-order valence-electron chi connectivity index (χ4n) is 4.58. The van der Waals surface area contributed by atoms with Crippen LogP contribution in [0.15, 0.2) is 78.2 Å². The van der Waals surface area contributed by atoms with Crippen molar-refractivity contribution in [1.82, 2.24) is 4.98 Å². The van der Waals surface area contributed by atoms with E-state index in [9.17, 15) is 18.0 Å². The molecule has 0 saturated carbocycles. The maximum Gasteiger partial charge on any atom is 0.357 e. The fraction of sp³-hybridized carbons (Fsp3) is 0.312. The first-order valence-electron chi connectivity index (χ1n) is 13.7. The quantitative estimate of drug-likeness (QED) is 0.158. The van der Waals surface area contributed by atoms with E-state index in [0.29, 0.717) is 5.01 Å². The van der Waals surface area contributed by atoms with Crippen LogP contribution in [0.5, 0.6) is 0 Å². The summed E-state index contributed by atoms with van der Waals surface area (Å²) in [5.41, 5.74) is 2.41. The van der Waals surface area contributed by atoms with E-state index in [-0.39, 0.29) is 56.2 Å². The Morgan fingerprint density at radius 3 is 1.84 bits per heavy atom. The Morgan fingerprint density at radius 2 is 1.30 bits per heavy atom. The number of benzene rings is 3. The summed E-state index contributed by atoms with van der Waals surface area (Å²) in [6.07, 6.45) is -2.73. The summed E-state index contributed by atoms with van der Waals surface area (Å²) in [5.74, 6) is -1.61. The minimum Gasteiger partial charge on any atom is -0.461 e. The topological polar surface area (TPSA) is 76.1 Å². The highest BCUT2D eigenvalue weighted by atomic mass is 32.1. The Bertz CT molecular complexity index is 1470. The van der Waals surface area contributed by atoms with Crippen molar-refractivity contribution in [3.05, 3.63) is 123 Å². The molecule has 3 aromatic carbocycles. The molecule has 1 aliphatic rings. The van der Waals surface area contributed by atoms with Gasteiger partial charge >= 0.3 is 5.97 Å². The van der Waals surface area contributed by atoms with E-state index in [0.717, 1.165) is 16.7 Å². The predicted octanol–water partition coefficient (Wildman–Crippen LogP) is 6.56. The average Bonchev–Trinajstić information content (AvgIpc) is 3.63. The Hall–Kier alpha value is -3.61. The number of esters is 1. The van der Waals surface area contributed by atoms with Gasteiger partial charge in [-0.15, -0.1) is 11.3 Å². The lowest BCUT2D eigenvalue weighted by atomic mass is 10.1. The molecule has 4 aromatic rings. The van der Waals surface area contributed by atoms with Gasteiger partial charge in [0.25, 0.3) is 0 Å². The zero-order chi connectivity index (χ0) is 30.2. The molecule has 43 heavy (non-hydrogen) atoms. The molecule has 226 valence electrons. The molecule has 2 heterocycles. The van der Waals surface area contributed by atoms with Crippen LogP contribution < -0.4 is 0 Å². The van der Waals surface area contributed by atoms with Gasteiger partial charge in [-0.05, 0) is 60.0 Å². The van der Waals surface area contributed by atoms with Crippen LogP contribution in [0, 0.1) is 17.5 Å². The number of thiazole rings is 1. The zero-order valence-electron chi connectivity index (χ0n) is 23.3. The van der Waals surface area contributed by atoms with Gasteiger partial charge in [0, 0.05) is 5.38 Å². The molecule has 0 bridgehead atoms. The number of halogens is 3. The van der Waals surface area contributed by atoms with Gasteiger partial charge in [-0.25, -0.2) is 22.9 Å². The normalized spacial score (nSPS) is 19.9. The SMILES string of the molecule is CCOC(=O)c1csc([C@@H]2O[C@H](COCc3ccc(F)cc3)[C@@H](OCc3ccc(F)cc3)[C@H]2OCc2ccc(F)cc2)n1. The van der Waals surface area contributed by atoms with E-state index in [4.69, 9.17) is 23.7 Å². The largest absolute Gasteiger partial charge is 0.461 e. The second kappa shape index (κ2) is 14.7. The first kappa shape index (κ1) is 30.8. The lowest BCUT2D eigenvalue weighted by Gasteiger charge is -2.25. The maximum absolute atomic E-state index is 13.5. The van der Waals surface area contributed by atoms with Gasteiger partial charge in [0.1, 0.15) is 46.9 Å². The molecule has 1 fully saturated rings. The number of hydrogen-bond acceptors (Lipinski definition) is 8. The van der Waals surface area contributed by atoms with Crippen LogP contribution in [0.3, 0.4) is 0 Å². The average molecular weight is 614 g/mol. The number of rotatable bonds is 13. The van der Waals surface area contributed by atoms with Crippen LogP contribution in [0.2, 0.25) is 0 Å². The van der Waals surface area contributed by atoms with Gasteiger partial charge < -0.3 is 23.7 Å². The second-order valence-corrected chi connectivity index (χ2v) is 10.7. The van der Waals surface area contributed by atoms with E-state index in [1.165, 1.54) is 47.7 Å². The molecule has 0 spiro atoms. The molecule has 0 amide bonds. The van der Waals surface area contributed by atoms with Gasteiger partial charge in [-0.2, -0.15) is 0 Å². The molecule has 11 heteroatoms. The van der Waals surface area contributed by atoms with Crippen molar-refractivity contribution in [3.8, 4) is 0 Å². The minimum atomic E-state index is -0.730. The van der Waals surface area contributed by atoms with E-state index in [2.05, 4.69) is 4.98 Å². The lowest BCUT2D eigenvalue weighted by Crippen LogP contribution is -2.37. The highest BCUT2D eigenvalue weighted by Gasteiger charge is 2.48. The van der Waals surface area contributed by atoms with Gasteiger partial charge in [0.15, 0.2) is 5.69 Å². The van der Waals surface area contributed by atoms with Crippen molar-refractivity contribution in [3.63, 3.8) is 0 Å². The summed E-state index contributed by atoms with van der Waals surface area (Å²) in [6.45, 7) is 2.50. The third kappa shape index (κ3) is 8.27. The molecular weight excluding hydrogens is 583 g/mol. The van der Waals surface area contributed by atoms with Gasteiger partial charge in [0.05, 0.1) is 33.0 Å². The Morgan fingerprint density at radius 1 is 0.791 bits per heavy atom. The van der Waals surface area contributed by atoms with E-state index >= 15 is 0 Å². The summed E-state index contributed by atoms with van der Waals surface area (Å²) in [4.78, 5) is 16.8. The number of hydrogen-bond donors (Lipinski definition) is 0. The summed E-state index contributed by atoms with van der Waals surface area (Å²) in [7, 11) is 0. The van der Waals surface area contributed by atoms with Crippen LogP contribution in [0.1, 0.15) is 45.2 Å². The fourth-order valence-corrected chi connectivity index (χ4v) is 5.44. The number of aromatic nitrogens is 1. The number of carbonyl (C=O) groups is 1. The van der Waals surface area contributed by atoms with Crippen molar-refractivity contribution in [2.45, 2.75) is 51.2 Å². The van der Waals surface area contributed by atoms with Gasteiger partial charge in [0.2, 0.25) is 0 Å². The highest BCUT2D eigenvalue weighted by Crippen LogP contribution is 2.40. The Balaban J connectivity index is 1.39. The Labute approximate surface area is 251 Å². The third-order valence-electron chi connectivity index (χ3n) is 6.74. The van der Waals surface area contributed by atoms with Crippen LogP contribution in [-0.2, 0) is 43.5 Å². The lowest BCUT2D eigenvalue weighted by molar-refractivity contribution is -0.0898. The van der Waals surface area contributed by atoms with E-state index < -0.39 is 30.4 Å². The molecule has 0 N–H and O–H groups in total. The standard InChI is InChI=1S/C32H30F3NO6S/c1-2-39-32(37)26-19-43-31(36-26)30-29(41-17-22-7-13-25(35)14-8-22)28(40-16-21-5-11-24(34)12-6-21)27(42-30)18-38-15-20-3-9-23(33)10-4-20/h3-14,19,27-30H,2,15-18H2,1H3/t27-,28-,29-,30-/m1/s1. The van der Waals surface area contributed by atoms with Gasteiger partial charge in [-0.3, -0.25) is 0 Å². The number of nitrogens with zero attached hydrogens (tertiary/aromatic N) is 1. The molecule has 1 saturated heterocycles. The smallest absolute Gasteiger partial charge is 0.357 e. The van der Waals surface area contributed by atoms with E-state index in [1.54, 1.807) is 48.7 Å². The van der Waals surface area contributed by atoms with Crippen LogP contribution in [0.25, 0.3) is 0 Å². The molecular formula is C32H30F3NO6S. The summed E-state index contributed by atoms with van der Waals surface area (Å²) >= 11 is 1.23. The van der Waals surface area contributed by atoms with Crippen molar-refractivity contribution in [1.29, 1.82) is 0 Å². The first-order chi connectivity index (χ1) is 20.9. The summed E-state index contributed by atoms with van der Waals surface area (Å²) < 4.78 is 70.6. The van der Waals surface area contributed by atoms with Crippen LogP contribution in [-0.4, -0.2) is 42.5 Å². The molecule has 1 aliphatic heterocycles. The predicted molar refractivity (Wildman–Crippen MR) is 152 cm³/mol. The van der Waals surface area contributed by atoms with Crippen molar-refractivity contribution in [2.24, 2.45) is 0 Å². The summed E-state index contributed by atoms with van der Waals surface area (Å²) in [5, 5.41) is 2.09.